The van der Waals surface area contributed by atoms with Gasteiger partial charge in [0.15, 0.2) is 0 Å². The SMILES string of the molecule is CC(=O)N[C@H](CNC(=O)[C@@H]1CCCN(C(=O)CCC2CCNCC2)C1)C(=O)O. The zero-order valence-corrected chi connectivity index (χ0v) is 16.5. The Morgan fingerprint density at radius 3 is 2.54 bits per heavy atom. The number of nitrogens with one attached hydrogen (secondary N) is 3. The third kappa shape index (κ3) is 7.10. The van der Waals surface area contributed by atoms with Crippen LogP contribution >= 0.6 is 0 Å². The van der Waals surface area contributed by atoms with Crippen LogP contribution in [0.2, 0.25) is 0 Å². The van der Waals surface area contributed by atoms with Crippen LogP contribution in [-0.4, -0.2) is 72.5 Å². The molecule has 0 saturated carbocycles. The summed E-state index contributed by atoms with van der Waals surface area (Å²) in [6, 6.07) is -1.16. The Hall–Kier alpha value is -2.16. The second kappa shape index (κ2) is 11.0. The first-order valence-corrected chi connectivity index (χ1v) is 10.1. The monoisotopic (exact) mass is 396 g/mol. The van der Waals surface area contributed by atoms with E-state index >= 15 is 0 Å². The van der Waals surface area contributed by atoms with Crippen molar-refractivity contribution in [1.82, 2.24) is 20.9 Å². The smallest absolute Gasteiger partial charge is 0.328 e. The third-order valence-corrected chi connectivity index (χ3v) is 5.53. The van der Waals surface area contributed by atoms with Gasteiger partial charge < -0.3 is 26.0 Å². The normalized spacial score (nSPS) is 21.6. The van der Waals surface area contributed by atoms with E-state index in [4.69, 9.17) is 5.11 Å². The molecule has 2 aliphatic heterocycles. The lowest BCUT2D eigenvalue weighted by molar-refractivity contribution is -0.141. The maximum Gasteiger partial charge on any atom is 0.328 e. The van der Waals surface area contributed by atoms with E-state index in [9.17, 15) is 19.2 Å². The van der Waals surface area contributed by atoms with Gasteiger partial charge in [0.2, 0.25) is 17.7 Å². The zero-order valence-electron chi connectivity index (χ0n) is 16.5. The number of rotatable bonds is 8. The highest BCUT2D eigenvalue weighted by Crippen LogP contribution is 2.21. The molecule has 0 bridgehead atoms. The highest BCUT2D eigenvalue weighted by molar-refractivity contribution is 5.84. The third-order valence-electron chi connectivity index (χ3n) is 5.53. The summed E-state index contributed by atoms with van der Waals surface area (Å²) in [4.78, 5) is 48.9. The quantitative estimate of drug-likeness (QED) is 0.446. The minimum Gasteiger partial charge on any atom is -0.480 e. The molecule has 0 unspecified atom stereocenters. The molecular formula is C19H32N4O5. The molecule has 2 rings (SSSR count). The molecule has 0 aromatic heterocycles. The first-order chi connectivity index (χ1) is 13.4. The van der Waals surface area contributed by atoms with Gasteiger partial charge in [-0.25, -0.2) is 4.79 Å². The van der Waals surface area contributed by atoms with Crippen LogP contribution in [0.5, 0.6) is 0 Å². The molecular weight excluding hydrogens is 364 g/mol. The summed E-state index contributed by atoms with van der Waals surface area (Å²) in [6.07, 6.45) is 5.05. The number of hydrogen-bond acceptors (Lipinski definition) is 5. The number of carboxylic acids is 1. The molecule has 0 aromatic rings. The Kier molecular flexibility index (Phi) is 8.69. The lowest BCUT2D eigenvalue weighted by atomic mass is 9.92. The summed E-state index contributed by atoms with van der Waals surface area (Å²) < 4.78 is 0. The molecule has 2 atom stereocenters. The maximum atomic E-state index is 12.5. The van der Waals surface area contributed by atoms with Gasteiger partial charge in [-0.3, -0.25) is 14.4 Å². The van der Waals surface area contributed by atoms with E-state index in [1.807, 2.05) is 0 Å². The molecule has 2 heterocycles. The molecule has 2 saturated heterocycles. The molecule has 0 radical (unpaired) electrons. The summed E-state index contributed by atoms with van der Waals surface area (Å²) in [6.45, 7) is 4.12. The van der Waals surface area contributed by atoms with Gasteiger partial charge in [0.1, 0.15) is 6.04 Å². The molecule has 2 aliphatic rings. The molecule has 2 fully saturated rings. The van der Waals surface area contributed by atoms with Crippen LogP contribution in [0.15, 0.2) is 0 Å². The summed E-state index contributed by atoms with van der Waals surface area (Å²) >= 11 is 0. The van der Waals surface area contributed by atoms with Crippen LogP contribution in [0.1, 0.15) is 45.4 Å². The van der Waals surface area contributed by atoms with Crippen LogP contribution < -0.4 is 16.0 Å². The average molecular weight is 396 g/mol. The Bertz CT molecular complexity index is 577. The van der Waals surface area contributed by atoms with Gasteiger partial charge in [-0.1, -0.05) is 0 Å². The van der Waals surface area contributed by atoms with Crippen molar-refractivity contribution in [3.05, 3.63) is 0 Å². The van der Waals surface area contributed by atoms with Crippen molar-refractivity contribution in [3.8, 4) is 0 Å². The fraction of sp³-hybridized carbons (Fsp3) is 0.789. The summed E-state index contributed by atoms with van der Waals surface area (Å²) in [5, 5.41) is 17.3. The van der Waals surface area contributed by atoms with E-state index in [0.717, 1.165) is 38.8 Å². The Labute approximate surface area is 165 Å². The Morgan fingerprint density at radius 1 is 1.18 bits per heavy atom. The number of piperidine rings is 2. The van der Waals surface area contributed by atoms with E-state index in [-0.39, 0.29) is 24.3 Å². The minimum absolute atomic E-state index is 0.0951. The van der Waals surface area contributed by atoms with E-state index in [0.29, 0.717) is 31.8 Å². The van der Waals surface area contributed by atoms with Gasteiger partial charge in [-0.15, -0.1) is 0 Å². The molecule has 0 aromatic carbocycles. The van der Waals surface area contributed by atoms with E-state index in [1.165, 1.54) is 6.92 Å². The second-order valence-corrected chi connectivity index (χ2v) is 7.75. The molecule has 9 heteroatoms. The van der Waals surface area contributed by atoms with Crippen LogP contribution in [0.4, 0.5) is 0 Å². The van der Waals surface area contributed by atoms with Crippen LogP contribution in [-0.2, 0) is 19.2 Å². The standard InChI is InChI=1S/C19H32N4O5/c1-13(24)22-16(19(27)28)11-21-18(26)15-3-2-10-23(12-15)17(25)5-4-14-6-8-20-9-7-14/h14-16,20H,2-12H2,1H3,(H,21,26)(H,22,24)(H,27,28)/t15-,16-/m1/s1. The van der Waals surface area contributed by atoms with Gasteiger partial charge in [-0.05, 0) is 51.1 Å². The van der Waals surface area contributed by atoms with Crippen molar-refractivity contribution in [2.24, 2.45) is 11.8 Å². The van der Waals surface area contributed by atoms with Gasteiger partial charge in [-0.2, -0.15) is 0 Å². The second-order valence-electron chi connectivity index (χ2n) is 7.75. The molecule has 4 N–H and O–H groups in total. The fourth-order valence-corrected chi connectivity index (χ4v) is 3.87. The number of carbonyl (C=O) groups is 4. The van der Waals surface area contributed by atoms with Crippen LogP contribution in [0, 0.1) is 11.8 Å². The molecule has 0 spiro atoms. The van der Waals surface area contributed by atoms with Crippen molar-refractivity contribution < 1.29 is 24.3 Å². The molecule has 3 amide bonds. The van der Waals surface area contributed by atoms with Crippen molar-refractivity contribution >= 4 is 23.7 Å². The number of carboxylic acid groups (broad SMARTS) is 1. The van der Waals surface area contributed by atoms with Crippen molar-refractivity contribution in [3.63, 3.8) is 0 Å². The highest BCUT2D eigenvalue weighted by Gasteiger charge is 2.29. The molecule has 28 heavy (non-hydrogen) atoms. The van der Waals surface area contributed by atoms with E-state index < -0.39 is 17.9 Å². The molecule has 9 nitrogen and oxygen atoms in total. The van der Waals surface area contributed by atoms with Crippen LogP contribution in [0.25, 0.3) is 0 Å². The van der Waals surface area contributed by atoms with Gasteiger partial charge in [0.05, 0.1) is 5.92 Å². The fourth-order valence-electron chi connectivity index (χ4n) is 3.87. The molecule has 0 aliphatic carbocycles. The number of aliphatic carboxylic acids is 1. The Balaban J connectivity index is 1.77. The zero-order chi connectivity index (χ0) is 20.5. The van der Waals surface area contributed by atoms with Gasteiger partial charge in [0, 0.05) is 33.0 Å². The lowest BCUT2D eigenvalue weighted by Crippen LogP contribution is -2.51. The predicted octanol–water partition coefficient (Wildman–Crippen LogP) is -0.290. The number of amides is 3. The van der Waals surface area contributed by atoms with Crippen molar-refractivity contribution in [1.29, 1.82) is 0 Å². The topological polar surface area (TPSA) is 128 Å². The average Bonchev–Trinajstić information content (AvgIpc) is 2.69. The highest BCUT2D eigenvalue weighted by atomic mass is 16.4. The summed E-state index contributed by atoms with van der Waals surface area (Å²) in [7, 11) is 0. The number of nitrogens with zero attached hydrogens (tertiary/aromatic N) is 1. The lowest BCUT2D eigenvalue weighted by Gasteiger charge is -2.33. The Morgan fingerprint density at radius 2 is 1.89 bits per heavy atom. The number of hydrogen-bond donors (Lipinski definition) is 4. The maximum absolute atomic E-state index is 12.5. The van der Waals surface area contributed by atoms with Crippen LogP contribution in [0.3, 0.4) is 0 Å². The van der Waals surface area contributed by atoms with Crippen molar-refractivity contribution in [2.45, 2.75) is 51.5 Å². The largest absolute Gasteiger partial charge is 0.480 e. The van der Waals surface area contributed by atoms with Gasteiger partial charge in [0.25, 0.3) is 0 Å². The minimum atomic E-state index is -1.20. The predicted molar refractivity (Wildman–Crippen MR) is 102 cm³/mol. The molecule has 158 valence electrons. The summed E-state index contributed by atoms with van der Waals surface area (Å²) in [5.74, 6) is -1.59. The first kappa shape index (κ1) is 22.1. The van der Waals surface area contributed by atoms with Crippen molar-refractivity contribution in [2.75, 3.05) is 32.7 Å². The number of likely N-dealkylation sites (tertiary alicyclic amines) is 1. The van der Waals surface area contributed by atoms with Gasteiger partial charge >= 0.3 is 5.97 Å². The first-order valence-electron chi connectivity index (χ1n) is 10.1. The number of carbonyl (C=O) groups excluding carboxylic acids is 3. The summed E-state index contributed by atoms with van der Waals surface area (Å²) in [5.41, 5.74) is 0. The van der Waals surface area contributed by atoms with E-state index in [2.05, 4.69) is 16.0 Å². The van der Waals surface area contributed by atoms with E-state index in [1.54, 1.807) is 4.90 Å².